The molecule has 2 N–H and O–H groups in total. The summed E-state index contributed by atoms with van der Waals surface area (Å²) in [6.45, 7) is 1.50. The molecule has 94 valence electrons. The molecular weight excluding hydrogens is 283 g/mol. The van der Waals surface area contributed by atoms with Gasteiger partial charge < -0.3 is 5.73 Å². The number of hydrogen-bond acceptors (Lipinski definition) is 2. The Morgan fingerprint density at radius 1 is 1.53 bits per heavy atom. The second kappa shape index (κ2) is 5.46. The molecule has 1 aromatic rings. The van der Waals surface area contributed by atoms with Gasteiger partial charge in [-0.15, -0.1) is 0 Å². The minimum Gasteiger partial charge on any atom is -0.329 e. The van der Waals surface area contributed by atoms with Crippen LogP contribution in [0, 0.1) is 11.7 Å². The van der Waals surface area contributed by atoms with Crippen LogP contribution in [0.15, 0.2) is 22.7 Å². The van der Waals surface area contributed by atoms with Crippen LogP contribution in [0.5, 0.6) is 0 Å². The van der Waals surface area contributed by atoms with Crippen molar-refractivity contribution in [3.05, 3.63) is 34.1 Å². The Bertz CT molecular complexity index is 393. The monoisotopic (exact) mass is 300 g/mol. The number of rotatable bonds is 5. The molecule has 2 rings (SSSR count). The summed E-state index contributed by atoms with van der Waals surface area (Å²) in [7, 11) is 2.09. The summed E-state index contributed by atoms with van der Waals surface area (Å²) in [5.74, 6) is 0.546. The van der Waals surface area contributed by atoms with Crippen LogP contribution < -0.4 is 5.73 Å². The van der Waals surface area contributed by atoms with Crippen molar-refractivity contribution in [1.29, 1.82) is 0 Å². The number of nitrogens with zero attached hydrogens (tertiary/aromatic N) is 1. The van der Waals surface area contributed by atoms with Crippen LogP contribution in [0.3, 0.4) is 0 Å². The molecule has 1 aliphatic rings. The number of likely N-dealkylation sites (N-methyl/N-ethyl adjacent to an activating group) is 1. The average Bonchev–Trinajstić information content (AvgIpc) is 3.08. The van der Waals surface area contributed by atoms with Gasteiger partial charge in [0, 0.05) is 23.6 Å². The third-order valence-corrected chi connectivity index (χ3v) is 4.15. The zero-order valence-electron chi connectivity index (χ0n) is 10.00. The van der Waals surface area contributed by atoms with Crippen LogP contribution in [0.4, 0.5) is 4.39 Å². The smallest absolute Gasteiger partial charge is 0.124 e. The Kier molecular flexibility index (Phi) is 4.17. The van der Waals surface area contributed by atoms with Gasteiger partial charge in [-0.3, -0.25) is 4.90 Å². The Morgan fingerprint density at radius 2 is 2.24 bits per heavy atom. The van der Waals surface area contributed by atoms with Crippen molar-refractivity contribution in [3.8, 4) is 0 Å². The van der Waals surface area contributed by atoms with Gasteiger partial charge >= 0.3 is 0 Å². The molecule has 2 nitrogen and oxygen atoms in total. The third-order valence-electron chi connectivity index (χ3n) is 3.41. The highest BCUT2D eigenvalue weighted by Gasteiger charge is 2.32. The lowest BCUT2D eigenvalue weighted by Gasteiger charge is -2.27. The van der Waals surface area contributed by atoms with Crippen LogP contribution in [0.1, 0.15) is 18.4 Å². The molecule has 1 saturated carbocycles. The molecule has 4 heteroatoms. The van der Waals surface area contributed by atoms with E-state index in [1.54, 1.807) is 0 Å². The van der Waals surface area contributed by atoms with Crippen molar-refractivity contribution < 1.29 is 4.39 Å². The molecule has 1 unspecified atom stereocenters. The lowest BCUT2D eigenvalue weighted by Crippen LogP contribution is -2.39. The quantitative estimate of drug-likeness (QED) is 0.906. The topological polar surface area (TPSA) is 29.3 Å². The van der Waals surface area contributed by atoms with Crippen LogP contribution in [-0.2, 0) is 6.54 Å². The first-order chi connectivity index (χ1) is 8.11. The van der Waals surface area contributed by atoms with E-state index in [9.17, 15) is 4.39 Å². The Hall–Kier alpha value is -0.450. The second-order valence-electron chi connectivity index (χ2n) is 4.79. The van der Waals surface area contributed by atoms with Gasteiger partial charge in [0.1, 0.15) is 5.82 Å². The number of nitrogens with two attached hydrogens (primary N) is 1. The summed E-state index contributed by atoms with van der Waals surface area (Å²) in [5, 5.41) is 0. The van der Waals surface area contributed by atoms with Crippen molar-refractivity contribution in [1.82, 2.24) is 4.90 Å². The number of halogens is 2. The normalized spacial score (nSPS) is 17.5. The molecule has 1 fully saturated rings. The van der Waals surface area contributed by atoms with E-state index < -0.39 is 0 Å². The van der Waals surface area contributed by atoms with Gasteiger partial charge in [0.25, 0.3) is 0 Å². The van der Waals surface area contributed by atoms with Crippen LogP contribution in [-0.4, -0.2) is 24.5 Å². The molecule has 0 amide bonds. The van der Waals surface area contributed by atoms with E-state index in [0.29, 0.717) is 12.6 Å². The average molecular weight is 301 g/mol. The van der Waals surface area contributed by atoms with Gasteiger partial charge in [0.2, 0.25) is 0 Å². The van der Waals surface area contributed by atoms with Crippen molar-refractivity contribution in [2.24, 2.45) is 11.7 Å². The molecule has 0 spiro atoms. The minimum atomic E-state index is -0.208. The summed E-state index contributed by atoms with van der Waals surface area (Å²) in [6.07, 6.45) is 2.58. The van der Waals surface area contributed by atoms with Gasteiger partial charge in [-0.05, 0) is 43.5 Å². The summed E-state index contributed by atoms with van der Waals surface area (Å²) in [4.78, 5) is 2.27. The Morgan fingerprint density at radius 3 is 2.76 bits per heavy atom. The van der Waals surface area contributed by atoms with Crippen molar-refractivity contribution in [3.63, 3.8) is 0 Å². The van der Waals surface area contributed by atoms with E-state index in [1.165, 1.54) is 25.0 Å². The second-order valence-corrected chi connectivity index (χ2v) is 5.65. The summed E-state index contributed by atoms with van der Waals surface area (Å²) in [6, 6.07) is 5.29. The van der Waals surface area contributed by atoms with Crippen molar-refractivity contribution in [2.45, 2.75) is 25.4 Å². The highest BCUT2D eigenvalue weighted by atomic mass is 79.9. The van der Waals surface area contributed by atoms with E-state index >= 15 is 0 Å². The molecule has 0 bridgehead atoms. The van der Waals surface area contributed by atoms with Gasteiger partial charge in [-0.25, -0.2) is 4.39 Å². The van der Waals surface area contributed by atoms with Crippen molar-refractivity contribution >= 4 is 15.9 Å². The molecule has 0 aromatic heterocycles. The summed E-state index contributed by atoms with van der Waals surface area (Å²) >= 11 is 3.40. The number of benzene rings is 1. The Balaban J connectivity index is 2.03. The highest BCUT2D eigenvalue weighted by Crippen LogP contribution is 2.35. The molecule has 1 aromatic carbocycles. The molecule has 1 atom stereocenters. The fraction of sp³-hybridized carbons (Fsp3) is 0.538. The summed E-state index contributed by atoms with van der Waals surface area (Å²) < 4.78 is 13.8. The Labute approximate surface area is 110 Å². The SMILES string of the molecule is CN(Cc1ccc(F)cc1Br)C(CN)C1CC1. The standard InChI is InChI=1S/C13H18BrFN2/c1-17(13(7-16)9-2-3-9)8-10-4-5-11(15)6-12(10)14/h4-6,9,13H,2-3,7-8,16H2,1H3. The molecule has 0 heterocycles. The van der Waals surface area contributed by atoms with E-state index in [0.717, 1.165) is 22.5 Å². The van der Waals surface area contributed by atoms with Gasteiger partial charge in [0.15, 0.2) is 0 Å². The maximum Gasteiger partial charge on any atom is 0.124 e. The van der Waals surface area contributed by atoms with Gasteiger partial charge in [-0.2, -0.15) is 0 Å². The zero-order chi connectivity index (χ0) is 12.4. The lowest BCUT2D eigenvalue weighted by atomic mass is 10.1. The minimum absolute atomic E-state index is 0.208. The predicted octanol–water partition coefficient (Wildman–Crippen LogP) is 2.76. The fourth-order valence-corrected chi connectivity index (χ4v) is 2.73. The lowest BCUT2D eigenvalue weighted by molar-refractivity contribution is 0.215. The first kappa shape index (κ1) is 13.0. The molecule has 0 radical (unpaired) electrons. The number of hydrogen-bond donors (Lipinski definition) is 1. The first-order valence-electron chi connectivity index (χ1n) is 5.96. The van der Waals surface area contributed by atoms with Crippen LogP contribution in [0.25, 0.3) is 0 Å². The molecule has 17 heavy (non-hydrogen) atoms. The van der Waals surface area contributed by atoms with E-state index in [-0.39, 0.29) is 5.82 Å². The van der Waals surface area contributed by atoms with Crippen LogP contribution >= 0.6 is 15.9 Å². The maximum atomic E-state index is 13.0. The first-order valence-corrected chi connectivity index (χ1v) is 6.75. The van der Waals surface area contributed by atoms with Crippen molar-refractivity contribution in [2.75, 3.05) is 13.6 Å². The molecular formula is C13H18BrFN2. The predicted molar refractivity (Wildman–Crippen MR) is 71.1 cm³/mol. The maximum absolute atomic E-state index is 13.0. The van der Waals surface area contributed by atoms with E-state index in [4.69, 9.17) is 5.73 Å². The van der Waals surface area contributed by atoms with E-state index in [1.807, 2.05) is 6.07 Å². The van der Waals surface area contributed by atoms with Gasteiger partial charge in [0.05, 0.1) is 0 Å². The largest absolute Gasteiger partial charge is 0.329 e. The molecule has 0 aliphatic heterocycles. The fourth-order valence-electron chi connectivity index (χ4n) is 2.25. The third kappa shape index (κ3) is 3.27. The van der Waals surface area contributed by atoms with E-state index in [2.05, 4.69) is 27.9 Å². The van der Waals surface area contributed by atoms with Gasteiger partial charge in [-0.1, -0.05) is 22.0 Å². The highest BCUT2D eigenvalue weighted by molar-refractivity contribution is 9.10. The summed E-state index contributed by atoms with van der Waals surface area (Å²) in [5.41, 5.74) is 6.92. The molecule has 0 saturated heterocycles. The zero-order valence-corrected chi connectivity index (χ0v) is 11.6. The van der Waals surface area contributed by atoms with Crippen LogP contribution in [0.2, 0.25) is 0 Å². The molecule has 1 aliphatic carbocycles.